The lowest BCUT2D eigenvalue weighted by Crippen LogP contribution is -2.50. The van der Waals surface area contributed by atoms with Crippen molar-refractivity contribution in [2.45, 2.75) is 26.0 Å². The number of carbonyl (C=O) groups excluding carboxylic acids is 2. The van der Waals surface area contributed by atoms with E-state index in [1.807, 2.05) is 19.1 Å². The zero-order chi connectivity index (χ0) is 26.9. The number of aliphatic hydroxyl groups excluding tert-OH is 1. The molecule has 0 fully saturated rings. The molecule has 1 aromatic heterocycles. The van der Waals surface area contributed by atoms with Crippen LogP contribution in [0.1, 0.15) is 29.8 Å². The molecule has 1 aromatic carbocycles. The monoisotopic (exact) mass is 510 g/mol. The first-order chi connectivity index (χ1) is 17.8. The van der Waals surface area contributed by atoms with E-state index in [4.69, 9.17) is 14.2 Å². The lowest BCUT2D eigenvalue weighted by Gasteiger charge is -2.37. The molecule has 3 rings (SSSR count). The molecular formula is C27H34N4O6. The zero-order valence-corrected chi connectivity index (χ0v) is 21.9. The minimum atomic E-state index is -0.480. The van der Waals surface area contributed by atoms with Crippen molar-refractivity contribution in [3.8, 4) is 23.5 Å². The number of methoxy groups -OCH3 is 2. The minimum Gasteiger partial charge on any atom is -0.495 e. The van der Waals surface area contributed by atoms with Gasteiger partial charge in [0.1, 0.15) is 24.0 Å². The summed E-state index contributed by atoms with van der Waals surface area (Å²) in [6.07, 6.45) is 1.06. The molecule has 2 heterocycles. The number of hydrogen-bond donors (Lipinski definition) is 2. The number of carbonyl (C=O) groups is 2. The van der Waals surface area contributed by atoms with Crippen LogP contribution >= 0.6 is 0 Å². The summed E-state index contributed by atoms with van der Waals surface area (Å²) < 4.78 is 16.5. The molecule has 37 heavy (non-hydrogen) atoms. The van der Waals surface area contributed by atoms with E-state index in [0.717, 1.165) is 0 Å². The van der Waals surface area contributed by atoms with Gasteiger partial charge < -0.3 is 34.4 Å². The predicted molar refractivity (Wildman–Crippen MR) is 139 cm³/mol. The fourth-order valence-corrected chi connectivity index (χ4v) is 3.91. The van der Waals surface area contributed by atoms with Gasteiger partial charge in [0.2, 0.25) is 5.88 Å². The highest BCUT2D eigenvalue weighted by Crippen LogP contribution is 2.28. The van der Waals surface area contributed by atoms with Crippen molar-refractivity contribution in [1.29, 1.82) is 0 Å². The smallest absolute Gasteiger partial charge is 0.321 e. The number of hydrogen-bond acceptors (Lipinski definition) is 7. The molecule has 1 aliphatic rings. The van der Waals surface area contributed by atoms with Crippen LogP contribution in [0.2, 0.25) is 0 Å². The van der Waals surface area contributed by atoms with E-state index in [2.05, 4.69) is 22.1 Å². The molecule has 10 heteroatoms. The summed E-state index contributed by atoms with van der Waals surface area (Å²) in [7, 11) is 4.76. The van der Waals surface area contributed by atoms with E-state index in [-0.39, 0.29) is 49.1 Å². The third kappa shape index (κ3) is 6.90. The molecule has 10 nitrogen and oxygen atoms in total. The molecule has 0 aliphatic carbocycles. The Morgan fingerprint density at radius 3 is 2.84 bits per heavy atom. The summed E-state index contributed by atoms with van der Waals surface area (Å²) in [6, 6.07) is 8.03. The van der Waals surface area contributed by atoms with Crippen LogP contribution in [0.15, 0.2) is 36.5 Å². The Morgan fingerprint density at radius 2 is 2.14 bits per heavy atom. The Morgan fingerprint density at radius 1 is 1.38 bits per heavy atom. The Kier molecular flexibility index (Phi) is 9.71. The molecule has 0 radical (unpaired) electrons. The van der Waals surface area contributed by atoms with Crippen LogP contribution in [0.5, 0.6) is 11.6 Å². The number of aliphatic hydroxyl groups is 1. The lowest BCUT2D eigenvalue weighted by atomic mass is 10.00. The number of likely N-dealkylation sites (N-methyl/N-ethyl adjacent to an activating group) is 1. The van der Waals surface area contributed by atoms with Crippen molar-refractivity contribution >= 4 is 17.6 Å². The maximum atomic E-state index is 13.5. The fourth-order valence-electron chi connectivity index (χ4n) is 3.91. The highest BCUT2D eigenvalue weighted by Gasteiger charge is 2.34. The van der Waals surface area contributed by atoms with Gasteiger partial charge in [-0.05, 0) is 25.1 Å². The molecule has 0 unspecified atom stereocenters. The first kappa shape index (κ1) is 27.8. The number of ether oxygens (including phenoxy) is 3. The molecule has 0 saturated heterocycles. The normalized spacial score (nSPS) is 17.8. The van der Waals surface area contributed by atoms with Gasteiger partial charge in [0.25, 0.3) is 5.91 Å². The summed E-state index contributed by atoms with van der Waals surface area (Å²) in [5.41, 5.74) is 1.35. The number of nitrogens with zero attached hydrogens (tertiary/aromatic N) is 3. The summed E-state index contributed by atoms with van der Waals surface area (Å²) in [6.45, 7) is 4.33. The van der Waals surface area contributed by atoms with Crippen LogP contribution in [-0.4, -0.2) is 91.5 Å². The SMILES string of the molecule is COCC#Cc1cnc2c(c1)C(=O)N([C@@H](C)CO)C[C@@H](C)[C@@H](CN(C)C(=O)Nc1ccccc1OC)O2. The molecule has 2 aromatic rings. The third-order valence-electron chi connectivity index (χ3n) is 6.12. The summed E-state index contributed by atoms with van der Waals surface area (Å²) in [5.74, 6) is 6.02. The minimum absolute atomic E-state index is 0.160. The van der Waals surface area contributed by atoms with Crippen LogP contribution in [0.25, 0.3) is 0 Å². The van der Waals surface area contributed by atoms with Crippen molar-refractivity contribution in [3.05, 3.63) is 47.7 Å². The first-order valence-electron chi connectivity index (χ1n) is 12.0. The highest BCUT2D eigenvalue weighted by molar-refractivity contribution is 5.97. The molecule has 0 spiro atoms. The van der Waals surface area contributed by atoms with Gasteiger partial charge in [-0.25, -0.2) is 9.78 Å². The van der Waals surface area contributed by atoms with Gasteiger partial charge in [-0.1, -0.05) is 30.9 Å². The Labute approximate surface area is 217 Å². The maximum absolute atomic E-state index is 13.5. The molecule has 3 amide bonds. The van der Waals surface area contributed by atoms with Crippen LogP contribution in [-0.2, 0) is 4.74 Å². The first-order valence-corrected chi connectivity index (χ1v) is 12.0. The van der Waals surface area contributed by atoms with Gasteiger partial charge in [-0.3, -0.25) is 4.79 Å². The standard InChI is InChI=1S/C27H34N4O6/c1-18-15-31(19(2)17-32)26(33)21-13-20(9-8-12-35-4)14-28-25(21)37-24(18)16-30(3)27(34)29-22-10-6-7-11-23(22)36-5/h6-7,10-11,13-14,18-19,24,32H,12,15-17H2,1-5H3,(H,29,34)/t18-,19+,24-/m1/s1. The number of pyridine rings is 1. The van der Waals surface area contributed by atoms with Crippen molar-refractivity contribution in [2.75, 3.05) is 52.9 Å². The topological polar surface area (TPSA) is 113 Å². The van der Waals surface area contributed by atoms with E-state index < -0.39 is 12.1 Å². The lowest BCUT2D eigenvalue weighted by molar-refractivity contribution is 0.0356. The van der Waals surface area contributed by atoms with Crippen LogP contribution in [0, 0.1) is 17.8 Å². The van der Waals surface area contributed by atoms with Gasteiger partial charge in [0.15, 0.2) is 0 Å². The third-order valence-corrected chi connectivity index (χ3v) is 6.12. The van der Waals surface area contributed by atoms with Gasteiger partial charge in [-0.15, -0.1) is 0 Å². The summed E-state index contributed by atoms with van der Waals surface area (Å²) in [4.78, 5) is 33.9. The second-order valence-electron chi connectivity index (χ2n) is 8.95. The van der Waals surface area contributed by atoms with Crippen molar-refractivity contribution in [1.82, 2.24) is 14.8 Å². The fraction of sp³-hybridized carbons (Fsp3) is 0.444. The van der Waals surface area contributed by atoms with Crippen molar-refractivity contribution in [3.63, 3.8) is 0 Å². The van der Waals surface area contributed by atoms with E-state index in [1.54, 1.807) is 44.2 Å². The number of rotatable bonds is 7. The largest absolute Gasteiger partial charge is 0.495 e. The predicted octanol–water partition coefficient (Wildman–Crippen LogP) is 2.47. The zero-order valence-electron chi connectivity index (χ0n) is 21.9. The highest BCUT2D eigenvalue weighted by atomic mass is 16.5. The average Bonchev–Trinajstić information content (AvgIpc) is 2.90. The molecule has 3 atom stereocenters. The summed E-state index contributed by atoms with van der Waals surface area (Å²) >= 11 is 0. The molecular weight excluding hydrogens is 476 g/mol. The number of benzene rings is 1. The number of urea groups is 1. The van der Waals surface area contributed by atoms with E-state index >= 15 is 0 Å². The molecule has 0 saturated carbocycles. The van der Waals surface area contributed by atoms with Gasteiger partial charge in [-0.2, -0.15) is 0 Å². The number of para-hydroxylation sites is 2. The second kappa shape index (κ2) is 12.9. The Hall–Kier alpha value is -3.81. The average molecular weight is 511 g/mol. The number of nitrogens with one attached hydrogen (secondary N) is 1. The van der Waals surface area contributed by atoms with Gasteiger partial charge >= 0.3 is 6.03 Å². The molecule has 0 bridgehead atoms. The number of fused-ring (bicyclic) bond motifs is 1. The van der Waals surface area contributed by atoms with E-state index in [9.17, 15) is 14.7 Å². The van der Waals surface area contributed by atoms with Crippen LogP contribution in [0.3, 0.4) is 0 Å². The van der Waals surface area contributed by atoms with Crippen molar-refractivity contribution in [2.24, 2.45) is 5.92 Å². The molecule has 1 aliphatic heterocycles. The van der Waals surface area contributed by atoms with E-state index in [1.165, 1.54) is 18.2 Å². The Balaban J connectivity index is 1.87. The summed E-state index contributed by atoms with van der Waals surface area (Å²) in [5, 5.41) is 12.7. The quantitative estimate of drug-likeness (QED) is 0.550. The maximum Gasteiger partial charge on any atom is 0.321 e. The van der Waals surface area contributed by atoms with Gasteiger partial charge in [0, 0.05) is 38.4 Å². The number of anilines is 1. The molecule has 198 valence electrons. The second-order valence-corrected chi connectivity index (χ2v) is 8.95. The van der Waals surface area contributed by atoms with Crippen molar-refractivity contribution < 1.29 is 28.9 Å². The van der Waals surface area contributed by atoms with E-state index in [0.29, 0.717) is 23.5 Å². The van der Waals surface area contributed by atoms with Crippen LogP contribution < -0.4 is 14.8 Å². The van der Waals surface area contributed by atoms with Gasteiger partial charge in [0.05, 0.1) is 32.0 Å². The number of aromatic nitrogens is 1. The number of amides is 3. The Bertz CT molecular complexity index is 1160. The molecule has 2 N–H and O–H groups in total. The van der Waals surface area contributed by atoms with Crippen LogP contribution in [0.4, 0.5) is 10.5 Å².